The molecule has 2 saturated heterocycles. The third-order valence-corrected chi connectivity index (χ3v) is 5.85. The van der Waals surface area contributed by atoms with E-state index in [4.69, 9.17) is 0 Å². The fourth-order valence-corrected chi connectivity index (χ4v) is 5.36. The van der Waals surface area contributed by atoms with E-state index in [-0.39, 0.29) is 0 Å². The minimum absolute atomic E-state index is 0.366. The van der Waals surface area contributed by atoms with E-state index in [1.165, 1.54) is 38.5 Å². The Morgan fingerprint density at radius 1 is 1.24 bits per heavy atom. The van der Waals surface area contributed by atoms with Gasteiger partial charge in [-0.2, -0.15) is 0 Å². The minimum atomic E-state index is 0.366. The van der Waals surface area contributed by atoms with Crippen LogP contribution in [0.2, 0.25) is 0 Å². The second kappa shape index (κ2) is 5.57. The molecule has 2 aliphatic heterocycles. The number of hydrogen-bond acceptors (Lipinski definition) is 2. The van der Waals surface area contributed by atoms with Gasteiger partial charge in [0.2, 0.25) is 5.91 Å². The lowest BCUT2D eigenvalue weighted by atomic mass is 9.65. The molecule has 21 heavy (non-hydrogen) atoms. The van der Waals surface area contributed by atoms with Crippen LogP contribution in [0.25, 0.3) is 0 Å². The summed E-state index contributed by atoms with van der Waals surface area (Å²) in [5, 5.41) is 3.56. The highest BCUT2D eigenvalue weighted by Crippen LogP contribution is 2.52. The molecule has 1 aliphatic carbocycles. The number of nitrogens with one attached hydrogen (secondary N) is 1. The van der Waals surface area contributed by atoms with Crippen LogP contribution < -0.4 is 5.32 Å². The molecule has 1 amide bonds. The van der Waals surface area contributed by atoms with Crippen LogP contribution in [-0.2, 0) is 4.79 Å². The number of carbonyl (C=O) groups excluding carboxylic acids is 1. The predicted octanol–water partition coefficient (Wildman–Crippen LogP) is 3.34. The van der Waals surface area contributed by atoms with Gasteiger partial charge in [-0.1, -0.05) is 27.2 Å². The van der Waals surface area contributed by atoms with Crippen molar-refractivity contribution in [3.63, 3.8) is 0 Å². The first-order valence-corrected chi connectivity index (χ1v) is 8.90. The number of rotatable bonds is 3. The van der Waals surface area contributed by atoms with Crippen LogP contribution in [0.4, 0.5) is 0 Å². The molecule has 1 N–H and O–H groups in total. The second-order valence-electron chi connectivity index (χ2n) is 8.92. The van der Waals surface area contributed by atoms with Crippen LogP contribution in [0.5, 0.6) is 0 Å². The largest absolute Gasteiger partial charge is 0.339 e. The maximum atomic E-state index is 12.7. The number of amides is 1. The number of hydrogen-bond donors (Lipinski definition) is 1. The van der Waals surface area contributed by atoms with Gasteiger partial charge >= 0.3 is 0 Å². The summed E-state index contributed by atoms with van der Waals surface area (Å²) >= 11 is 0. The van der Waals surface area contributed by atoms with Crippen molar-refractivity contribution in [2.45, 2.75) is 84.2 Å². The standard InChI is InChI=1S/C18H32N2O/c1-17(2)10-15-11-18(3,12-17)13-20(15)16(21)8-7-14-6-4-5-9-19-14/h14-15,19H,4-13H2,1-3H3. The van der Waals surface area contributed by atoms with Crippen molar-refractivity contribution in [3.05, 3.63) is 0 Å². The van der Waals surface area contributed by atoms with Crippen molar-refractivity contribution >= 4 is 5.91 Å². The zero-order valence-electron chi connectivity index (χ0n) is 14.1. The predicted molar refractivity (Wildman–Crippen MR) is 86.1 cm³/mol. The third-order valence-electron chi connectivity index (χ3n) is 5.85. The van der Waals surface area contributed by atoms with Gasteiger partial charge in [-0.15, -0.1) is 0 Å². The Morgan fingerprint density at radius 3 is 2.76 bits per heavy atom. The van der Waals surface area contributed by atoms with Crippen molar-refractivity contribution in [1.29, 1.82) is 0 Å². The van der Waals surface area contributed by atoms with Crippen molar-refractivity contribution in [1.82, 2.24) is 10.2 Å². The van der Waals surface area contributed by atoms with Crippen molar-refractivity contribution in [2.75, 3.05) is 13.1 Å². The Morgan fingerprint density at radius 2 is 2.05 bits per heavy atom. The summed E-state index contributed by atoms with van der Waals surface area (Å²) in [6.45, 7) is 9.26. The van der Waals surface area contributed by atoms with Gasteiger partial charge in [0.25, 0.3) is 0 Å². The molecule has 0 aromatic heterocycles. The van der Waals surface area contributed by atoms with E-state index in [0.717, 1.165) is 25.9 Å². The van der Waals surface area contributed by atoms with E-state index < -0.39 is 0 Å². The first kappa shape index (κ1) is 15.3. The summed E-state index contributed by atoms with van der Waals surface area (Å²) in [6, 6.07) is 1.09. The number of likely N-dealkylation sites (tertiary alicyclic amines) is 1. The fraction of sp³-hybridized carbons (Fsp3) is 0.944. The van der Waals surface area contributed by atoms with Crippen LogP contribution in [0.1, 0.15) is 72.1 Å². The summed E-state index contributed by atoms with van der Waals surface area (Å²) in [6.07, 6.45) is 9.33. The molecule has 3 rings (SSSR count). The molecular formula is C18H32N2O. The summed E-state index contributed by atoms with van der Waals surface area (Å²) in [5.41, 5.74) is 0.767. The zero-order chi connectivity index (χ0) is 15.1. The van der Waals surface area contributed by atoms with Crippen molar-refractivity contribution in [2.24, 2.45) is 10.8 Å². The SMILES string of the molecule is CC1(C)CC2CC(C)(CN2C(=O)CCC2CCCCN2)C1. The van der Waals surface area contributed by atoms with Gasteiger partial charge in [0.05, 0.1) is 0 Å². The van der Waals surface area contributed by atoms with E-state index in [0.29, 0.717) is 28.8 Å². The highest BCUT2D eigenvalue weighted by Gasteiger charge is 2.50. The van der Waals surface area contributed by atoms with Crippen LogP contribution >= 0.6 is 0 Å². The lowest BCUT2D eigenvalue weighted by Crippen LogP contribution is -2.39. The Labute approximate surface area is 129 Å². The molecule has 0 radical (unpaired) electrons. The maximum absolute atomic E-state index is 12.7. The van der Waals surface area contributed by atoms with E-state index in [1.807, 2.05) is 0 Å². The van der Waals surface area contributed by atoms with E-state index >= 15 is 0 Å². The van der Waals surface area contributed by atoms with Gasteiger partial charge in [-0.05, 0) is 55.9 Å². The van der Waals surface area contributed by atoms with Crippen LogP contribution in [0.15, 0.2) is 0 Å². The number of fused-ring (bicyclic) bond motifs is 2. The molecule has 3 atom stereocenters. The molecule has 0 spiro atoms. The number of nitrogens with zero attached hydrogens (tertiary/aromatic N) is 1. The summed E-state index contributed by atoms with van der Waals surface area (Å²) in [5.74, 6) is 0.411. The molecule has 3 unspecified atom stereocenters. The Balaban J connectivity index is 1.56. The molecule has 3 fully saturated rings. The normalized spacial score (nSPS) is 38.5. The van der Waals surface area contributed by atoms with Crippen LogP contribution in [0.3, 0.4) is 0 Å². The average molecular weight is 292 g/mol. The molecule has 0 aromatic carbocycles. The maximum Gasteiger partial charge on any atom is 0.222 e. The van der Waals surface area contributed by atoms with Crippen molar-refractivity contribution in [3.8, 4) is 0 Å². The van der Waals surface area contributed by atoms with Crippen LogP contribution in [-0.4, -0.2) is 36.0 Å². The molecule has 3 nitrogen and oxygen atoms in total. The molecule has 1 saturated carbocycles. The van der Waals surface area contributed by atoms with E-state index in [2.05, 4.69) is 31.0 Å². The van der Waals surface area contributed by atoms with Crippen molar-refractivity contribution < 1.29 is 4.79 Å². The quantitative estimate of drug-likeness (QED) is 0.865. The second-order valence-corrected chi connectivity index (χ2v) is 8.92. The molecule has 3 aliphatic rings. The average Bonchev–Trinajstić information content (AvgIpc) is 2.66. The molecule has 2 bridgehead atoms. The summed E-state index contributed by atoms with van der Waals surface area (Å²) < 4.78 is 0. The van der Waals surface area contributed by atoms with Gasteiger partial charge in [-0.3, -0.25) is 4.79 Å². The first-order chi connectivity index (χ1) is 9.87. The molecule has 3 heteroatoms. The topological polar surface area (TPSA) is 32.3 Å². The molecule has 2 heterocycles. The highest BCUT2D eigenvalue weighted by molar-refractivity contribution is 5.77. The molecular weight excluding hydrogens is 260 g/mol. The molecule has 0 aromatic rings. The van der Waals surface area contributed by atoms with E-state index in [1.54, 1.807) is 0 Å². The van der Waals surface area contributed by atoms with Crippen LogP contribution in [0, 0.1) is 10.8 Å². The third kappa shape index (κ3) is 3.44. The number of piperidine rings is 1. The minimum Gasteiger partial charge on any atom is -0.339 e. The monoisotopic (exact) mass is 292 g/mol. The van der Waals surface area contributed by atoms with Gasteiger partial charge in [0, 0.05) is 25.0 Å². The first-order valence-electron chi connectivity index (χ1n) is 8.90. The Hall–Kier alpha value is -0.570. The summed E-state index contributed by atoms with van der Waals surface area (Å²) in [7, 11) is 0. The summed E-state index contributed by atoms with van der Waals surface area (Å²) in [4.78, 5) is 14.9. The lowest BCUT2D eigenvalue weighted by Gasteiger charge is -2.39. The zero-order valence-corrected chi connectivity index (χ0v) is 14.1. The Kier molecular flexibility index (Phi) is 4.06. The smallest absolute Gasteiger partial charge is 0.222 e. The van der Waals surface area contributed by atoms with E-state index in [9.17, 15) is 4.79 Å². The number of carbonyl (C=O) groups is 1. The highest BCUT2D eigenvalue weighted by atomic mass is 16.2. The lowest BCUT2D eigenvalue weighted by molar-refractivity contribution is -0.132. The van der Waals surface area contributed by atoms with Gasteiger partial charge in [0.15, 0.2) is 0 Å². The van der Waals surface area contributed by atoms with Gasteiger partial charge < -0.3 is 10.2 Å². The fourth-order valence-electron chi connectivity index (χ4n) is 5.36. The molecule has 120 valence electrons. The Bertz CT molecular complexity index is 400. The van der Waals surface area contributed by atoms with Gasteiger partial charge in [0.1, 0.15) is 0 Å². The van der Waals surface area contributed by atoms with Gasteiger partial charge in [-0.25, -0.2) is 0 Å².